The first-order valence-corrected chi connectivity index (χ1v) is 27.2. The molecule has 434 valence electrons. The minimum Gasteiger partial charge on any atom is -0.508 e. The number of unbranched alkanes of at least 4 members (excludes halogenated alkanes) is 1. The molecule has 0 fully saturated rings. The molecule has 0 aliphatic heterocycles. The fourth-order valence-corrected chi connectivity index (χ4v) is 9.08. The Morgan fingerprint density at radius 1 is 0.634 bits per heavy atom. The van der Waals surface area contributed by atoms with Gasteiger partial charge in [-0.3, -0.25) is 33.6 Å². The quantitative estimate of drug-likeness (QED) is 0.0237. The number of carbonyl (C=O) groups excluding carboxylic acids is 7. The van der Waals surface area contributed by atoms with Gasteiger partial charge in [0.05, 0.1) is 5.39 Å². The molecule has 24 nitrogen and oxygen atoms in total. The lowest BCUT2D eigenvalue weighted by Crippen LogP contribution is -2.61. The van der Waals surface area contributed by atoms with Gasteiger partial charge in [-0.25, -0.2) is 19.4 Å². The molecule has 6 rings (SSSR count). The third kappa shape index (κ3) is 17.7. The monoisotopic (exact) mass is 1140 g/mol. The molecule has 0 bridgehead atoms. The summed E-state index contributed by atoms with van der Waals surface area (Å²) >= 11 is 4.21. The van der Waals surface area contributed by atoms with Crippen LogP contribution in [-0.4, -0.2) is 131 Å². The van der Waals surface area contributed by atoms with Gasteiger partial charge in [0, 0.05) is 43.2 Å². The smallest absolute Gasteiger partial charge is 0.326 e. The number of benzene rings is 4. The molecule has 0 radical (unpaired) electrons. The maximum Gasteiger partial charge on any atom is 0.326 e. The van der Waals surface area contributed by atoms with Gasteiger partial charge in [-0.1, -0.05) is 87.0 Å². The van der Waals surface area contributed by atoms with Crippen molar-refractivity contribution in [3.63, 3.8) is 0 Å². The number of aliphatic carboxylic acids is 1. The Hall–Kier alpha value is -9.10. The van der Waals surface area contributed by atoms with Crippen molar-refractivity contribution < 1.29 is 53.7 Å². The van der Waals surface area contributed by atoms with Crippen molar-refractivity contribution in [3.8, 4) is 22.8 Å². The Morgan fingerprint density at radius 2 is 1.15 bits per heavy atom. The van der Waals surface area contributed by atoms with E-state index in [-0.39, 0.29) is 61.8 Å². The maximum atomic E-state index is 14.8. The SMILES string of the molecule is CCC(C)C(NC(=O)C(CS)NC(C)=O)C(=O)NC(Cc1ccc(NC(=O)Cn2nc(-c3ccccc3)c3c(N)ncnc32)cc1)C(=O)NC(CCCCN)C(=O)NC(Cc1ccc(O)cc1)C(=O)NC(Cc1ccc(O)cc1)C(=O)O. The van der Waals surface area contributed by atoms with Gasteiger partial charge in [-0.2, -0.15) is 17.7 Å². The van der Waals surface area contributed by atoms with E-state index in [0.717, 1.165) is 5.56 Å². The fraction of sp³-hybridized carbons (Fsp3) is 0.351. The Labute approximate surface area is 478 Å². The van der Waals surface area contributed by atoms with E-state index in [1.165, 1.54) is 66.5 Å². The van der Waals surface area contributed by atoms with Crippen LogP contribution in [-0.2, 0) is 64.2 Å². The largest absolute Gasteiger partial charge is 0.508 e. The number of nitrogen functional groups attached to an aromatic ring is 1. The Kier molecular flexibility index (Phi) is 22.7. The average molecular weight is 1140 g/mol. The summed E-state index contributed by atoms with van der Waals surface area (Å²) in [6, 6.07) is 19.2. The maximum absolute atomic E-state index is 14.8. The number of carboxylic acids is 1. The summed E-state index contributed by atoms with van der Waals surface area (Å²) in [5.74, 6) is -6.89. The molecule has 7 unspecified atom stereocenters. The molecule has 0 aliphatic rings. The van der Waals surface area contributed by atoms with Crippen molar-refractivity contribution in [2.24, 2.45) is 11.7 Å². The first kappa shape index (κ1) is 62.1. The summed E-state index contributed by atoms with van der Waals surface area (Å²) < 4.78 is 1.42. The number of aromatic nitrogens is 4. The van der Waals surface area contributed by atoms with Crippen LogP contribution in [0.3, 0.4) is 0 Å². The molecule has 7 atom stereocenters. The van der Waals surface area contributed by atoms with E-state index < -0.39 is 89.5 Å². The van der Waals surface area contributed by atoms with E-state index in [4.69, 9.17) is 11.5 Å². The van der Waals surface area contributed by atoms with Crippen molar-refractivity contribution in [2.75, 3.05) is 23.3 Å². The molecule has 0 aliphatic carbocycles. The number of nitrogens with zero attached hydrogens (tertiary/aromatic N) is 4. The zero-order valence-electron chi connectivity index (χ0n) is 45.5. The molecular weight excluding hydrogens is 1070 g/mol. The number of nitrogens with two attached hydrogens (primary N) is 2. The third-order valence-corrected chi connectivity index (χ3v) is 13.8. The lowest BCUT2D eigenvalue weighted by atomic mass is 9.96. The highest BCUT2D eigenvalue weighted by atomic mass is 32.1. The van der Waals surface area contributed by atoms with Gasteiger partial charge in [-0.15, -0.1) is 0 Å². The summed E-state index contributed by atoms with van der Waals surface area (Å²) in [4.78, 5) is 118. The summed E-state index contributed by atoms with van der Waals surface area (Å²) in [7, 11) is 0. The van der Waals surface area contributed by atoms with Crippen LogP contribution >= 0.6 is 12.6 Å². The second-order valence-corrected chi connectivity index (χ2v) is 20.1. The van der Waals surface area contributed by atoms with Crippen LogP contribution in [0, 0.1) is 5.92 Å². The van der Waals surface area contributed by atoms with Gasteiger partial charge in [-0.05, 0) is 84.8 Å². The summed E-state index contributed by atoms with van der Waals surface area (Å²) in [5, 5.41) is 53.9. The zero-order chi connectivity index (χ0) is 59.5. The molecule has 0 saturated heterocycles. The molecule has 14 N–H and O–H groups in total. The fourth-order valence-electron chi connectivity index (χ4n) is 8.82. The zero-order valence-corrected chi connectivity index (χ0v) is 46.4. The van der Waals surface area contributed by atoms with Crippen LogP contribution in [0.2, 0.25) is 0 Å². The average Bonchev–Trinajstić information content (AvgIpc) is 4.10. The molecule has 25 heteroatoms. The minimum absolute atomic E-state index is 0.00195. The van der Waals surface area contributed by atoms with Crippen LogP contribution in [0.4, 0.5) is 11.5 Å². The molecule has 6 aromatic rings. The van der Waals surface area contributed by atoms with E-state index in [9.17, 15) is 53.7 Å². The highest BCUT2D eigenvalue weighted by Crippen LogP contribution is 2.30. The van der Waals surface area contributed by atoms with E-state index in [1.54, 1.807) is 38.1 Å². The number of aromatic hydroxyl groups is 2. The van der Waals surface area contributed by atoms with Crippen LogP contribution in [0.5, 0.6) is 11.5 Å². The molecule has 4 aromatic carbocycles. The summed E-state index contributed by atoms with van der Waals surface area (Å²) in [6.07, 6.45) is 1.87. The molecular formula is C57H69N13O11S. The molecule has 2 heterocycles. The van der Waals surface area contributed by atoms with Gasteiger partial charge in [0.25, 0.3) is 0 Å². The second kappa shape index (κ2) is 29.9. The normalized spacial score (nSPS) is 13.7. The number of hydrogen-bond donors (Lipinski definition) is 13. The number of thiol groups is 1. The molecule has 7 amide bonds. The van der Waals surface area contributed by atoms with Crippen molar-refractivity contribution in [1.29, 1.82) is 0 Å². The van der Waals surface area contributed by atoms with Crippen LogP contribution in [0.25, 0.3) is 22.3 Å². The van der Waals surface area contributed by atoms with E-state index >= 15 is 0 Å². The number of carbonyl (C=O) groups is 8. The van der Waals surface area contributed by atoms with Gasteiger partial charge in [0.2, 0.25) is 41.4 Å². The first-order valence-electron chi connectivity index (χ1n) is 26.6. The van der Waals surface area contributed by atoms with Gasteiger partial charge < -0.3 is 64.0 Å². The van der Waals surface area contributed by atoms with E-state index in [2.05, 4.69) is 64.9 Å². The Balaban J connectivity index is 1.27. The third-order valence-electron chi connectivity index (χ3n) is 13.5. The summed E-state index contributed by atoms with van der Waals surface area (Å²) in [5.41, 5.74) is 15.5. The number of anilines is 2. The van der Waals surface area contributed by atoms with Crippen LogP contribution in [0.1, 0.15) is 63.1 Å². The van der Waals surface area contributed by atoms with Gasteiger partial charge in [0.1, 0.15) is 72.1 Å². The van der Waals surface area contributed by atoms with Crippen molar-refractivity contribution in [2.45, 2.75) is 109 Å². The topological polar surface area (TPSA) is 377 Å². The van der Waals surface area contributed by atoms with Crippen molar-refractivity contribution in [3.05, 3.63) is 126 Å². The second-order valence-electron chi connectivity index (χ2n) is 19.7. The van der Waals surface area contributed by atoms with Gasteiger partial charge >= 0.3 is 5.97 Å². The van der Waals surface area contributed by atoms with E-state index in [1.807, 2.05) is 30.3 Å². The predicted molar refractivity (Wildman–Crippen MR) is 309 cm³/mol. The predicted octanol–water partition coefficient (Wildman–Crippen LogP) is 2.27. The van der Waals surface area contributed by atoms with E-state index in [0.29, 0.717) is 58.4 Å². The van der Waals surface area contributed by atoms with Crippen molar-refractivity contribution >= 4 is 82.5 Å². The molecule has 2 aromatic heterocycles. The van der Waals surface area contributed by atoms with Crippen LogP contribution < -0.4 is 48.7 Å². The first-order chi connectivity index (χ1) is 39.3. The van der Waals surface area contributed by atoms with Gasteiger partial charge in [0.15, 0.2) is 5.65 Å². The standard InChI is InChI=1S/C57H69N13O11S/c1-4-32(2)48(68-55(78)45(30-82)62-33(3)71)56(79)66-43(26-34-13-19-38(20-14-34)63-46(74)29-70-51-47(50(59)60-31-61-51)49(69-70)37-10-6-5-7-11-37)53(76)64-41(12-8-9-25-58)52(75)65-42(27-35-15-21-39(72)22-16-35)54(77)67-44(57(80)81)28-36-17-23-40(73)24-18-36/h5-7,10-11,13-24,31-32,41-45,48,72-73,82H,4,8-9,12,25-30,58H2,1-3H3,(H,62,71)(H,63,74)(H,64,76)(H,65,75)(H,66,79)(H,67,77)(H,68,78)(H,80,81)(H2,59,60,61). The molecule has 82 heavy (non-hydrogen) atoms. The highest BCUT2D eigenvalue weighted by molar-refractivity contribution is 7.80. The lowest BCUT2D eigenvalue weighted by molar-refractivity contribution is -0.142. The minimum atomic E-state index is -1.48. The number of phenols is 2. The number of fused-ring (bicyclic) bond motifs is 1. The molecule has 0 spiro atoms. The molecule has 0 saturated carbocycles. The number of carboxylic acid groups (broad SMARTS) is 1. The number of rotatable bonds is 29. The summed E-state index contributed by atoms with van der Waals surface area (Å²) in [6.45, 7) is 4.73. The number of amides is 7. The highest BCUT2D eigenvalue weighted by Gasteiger charge is 2.35. The number of nitrogens with one attached hydrogen (secondary N) is 7. The lowest BCUT2D eigenvalue weighted by Gasteiger charge is -2.29. The number of phenolic OH excluding ortho intramolecular Hbond substituents is 2. The number of hydrogen-bond acceptors (Lipinski definition) is 16. The van der Waals surface area contributed by atoms with Crippen LogP contribution in [0.15, 0.2) is 109 Å². The Bertz CT molecular complexity index is 3180. The van der Waals surface area contributed by atoms with Crippen molar-refractivity contribution in [1.82, 2.24) is 51.6 Å². The Morgan fingerprint density at radius 3 is 1.68 bits per heavy atom.